The molecule has 0 N–H and O–H groups in total. The number of fused-ring (bicyclic) bond motifs is 6. The first kappa shape index (κ1) is 27.5. The maximum atomic E-state index is 5.07. The summed E-state index contributed by atoms with van der Waals surface area (Å²) < 4.78 is 2.44. The largest absolute Gasteiger partial charge is 0.308 e. The van der Waals surface area contributed by atoms with Crippen LogP contribution in [0.2, 0.25) is 0 Å². The van der Waals surface area contributed by atoms with Crippen LogP contribution in [0.4, 0.5) is 0 Å². The molecule has 0 bridgehead atoms. The summed E-state index contributed by atoms with van der Waals surface area (Å²) in [6.07, 6.45) is 0. The Balaban J connectivity index is 1.08. The summed E-state index contributed by atoms with van der Waals surface area (Å²) in [5.74, 6) is 0.710. The van der Waals surface area contributed by atoms with E-state index in [-0.39, 0.29) is 0 Å². The van der Waals surface area contributed by atoms with Crippen molar-refractivity contribution < 1.29 is 0 Å². The quantitative estimate of drug-likeness (QED) is 0.191. The fourth-order valence-electron chi connectivity index (χ4n) is 7.42. The molecule has 3 heterocycles. The number of hydrogen-bond donors (Lipinski definition) is 0. The second-order valence-corrected chi connectivity index (χ2v) is 12.6. The monoisotopic (exact) mass is 623 g/mol. The van der Waals surface area contributed by atoms with Crippen molar-refractivity contribution in [1.29, 1.82) is 0 Å². The Hall–Kier alpha value is -6.58. The topological polar surface area (TPSA) is 30.2 Å². The van der Waals surface area contributed by atoms with Gasteiger partial charge in [0.05, 0.1) is 27.9 Å². The van der Waals surface area contributed by atoms with Crippen molar-refractivity contribution in [2.45, 2.75) is 0 Å². The summed E-state index contributed by atoms with van der Waals surface area (Å²) in [7, 11) is 0. The highest BCUT2D eigenvalue weighted by atomic mass is 14.9. The lowest BCUT2D eigenvalue weighted by Crippen LogP contribution is -1.96. The number of nitrogens with zero attached hydrogens (tertiary/aromatic N) is 3. The van der Waals surface area contributed by atoms with Crippen LogP contribution in [0.3, 0.4) is 0 Å². The third kappa shape index (κ3) is 4.51. The summed E-state index contributed by atoms with van der Waals surface area (Å²) in [5.41, 5.74) is 13.4. The number of benzene rings is 7. The molecule has 3 nitrogen and oxygen atoms in total. The zero-order valence-electron chi connectivity index (χ0n) is 26.6. The first-order valence-corrected chi connectivity index (χ1v) is 16.7. The molecule has 10 aromatic rings. The van der Waals surface area contributed by atoms with Crippen molar-refractivity contribution in [2.75, 3.05) is 0 Å². The van der Waals surface area contributed by atoms with Crippen molar-refractivity contribution in [3.05, 3.63) is 176 Å². The molecule has 0 unspecified atom stereocenters. The van der Waals surface area contributed by atoms with E-state index in [1.807, 2.05) is 36.4 Å². The van der Waals surface area contributed by atoms with Gasteiger partial charge in [-0.15, -0.1) is 0 Å². The molecular weight excluding hydrogens is 595 g/mol. The molecule has 0 saturated heterocycles. The van der Waals surface area contributed by atoms with Gasteiger partial charge in [0.1, 0.15) is 0 Å². The Bertz CT molecular complexity index is 2760. The van der Waals surface area contributed by atoms with Crippen LogP contribution in [0, 0.1) is 0 Å². The van der Waals surface area contributed by atoms with E-state index in [9.17, 15) is 0 Å². The highest BCUT2D eigenvalue weighted by molar-refractivity contribution is 6.23. The third-order valence-corrected chi connectivity index (χ3v) is 9.74. The summed E-state index contributed by atoms with van der Waals surface area (Å²) in [6, 6.07) is 62.5. The summed E-state index contributed by atoms with van der Waals surface area (Å²) >= 11 is 0. The molecule has 49 heavy (non-hydrogen) atoms. The van der Waals surface area contributed by atoms with Crippen molar-refractivity contribution in [2.24, 2.45) is 0 Å². The van der Waals surface area contributed by atoms with Gasteiger partial charge in [-0.3, -0.25) is 0 Å². The van der Waals surface area contributed by atoms with E-state index >= 15 is 0 Å². The number of para-hydroxylation sites is 2. The lowest BCUT2D eigenvalue weighted by Gasteiger charge is -2.11. The van der Waals surface area contributed by atoms with Crippen LogP contribution < -0.4 is 0 Å². The Morgan fingerprint density at radius 3 is 1.43 bits per heavy atom. The van der Waals surface area contributed by atoms with Gasteiger partial charge in [0.15, 0.2) is 5.82 Å². The molecule has 0 atom stereocenters. The molecule has 3 heteroatoms. The number of rotatable bonds is 5. The molecule has 0 fully saturated rings. The SMILES string of the molecule is c1ccc(-c2cc(-c3ccccc3)nc(-c3cccc(-c4cccc(-c5ccc6c7cccc8c9ccccc9n(c6c5)c87)c4)c3)n2)cc1. The highest BCUT2D eigenvalue weighted by Crippen LogP contribution is 2.40. The van der Waals surface area contributed by atoms with Gasteiger partial charge in [-0.25, -0.2) is 9.97 Å². The van der Waals surface area contributed by atoms with Crippen LogP contribution in [0.5, 0.6) is 0 Å². The molecule has 228 valence electrons. The smallest absolute Gasteiger partial charge is 0.160 e. The maximum absolute atomic E-state index is 5.07. The molecule has 0 aliphatic carbocycles. The summed E-state index contributed by atoms with van der Waals surface area (Å²) in [6.45, 7) is 0. The average molecular weight is 624 g/mol. The first-order valence-electron chi connectivity index (χ1n) is 16.7. The minimum atomic E-state index is 0.710. The van der Waals surface area contributed by atoms with Gasteiger partial charge in [0, 0.05) is 38.2 Å². The normalized spacial score (nSPS) is 11.7. The van der Waals surface area contributed by atoms with Crippen molar-refractivity contribution in [3.63, 3.8) is 0 Å². The summed E-state index contributed by atoms with van der Waals surface area (Å²) in [4.78, 5) is 10.1. The van der Waals surface area contributed by atoms with E-state index in [0.717, 1.165) is 39.2 Å². The lowest BCUT2D eigenvalue weighted by atomic mass is 9.97. The number of aromatic nitrogens is 3. The fraction of sp³-hybridized carbons (Fsp3) is 0. The molecule has 10 rings (SSSR count). The van der Waals surface area contributed by atoms with E-state index in [4.69, 9.17) is 9.97 Å². The Kier molecular flexibility index (Phi) is 6.18. The van der Waals surface area contributed by atoms with E-state index in [1.54, 1.807) is 0 Å². The van der Waals surface area contributed by atoms with Gasteiger partial charge in [0.25, 0.3) is 0 Å². The van der Waals surface area contributed by atoms with Crippen LogP contribution in [0.15, 0.2) is 176 Å². The summed E-state index contributed by atoms with van der Waals surface area (Å²) in [5, 5.41) is 5.19. The first-order chi connectivity index (χ1) is 24.3. The molecule has 0 saturated carbocycles. The lowest BCUT2D eigenvalue weighted by molar-refractivity contribution is 1.18. The van der Waals surface area contributed by atoms with Gasteiger partial charge >= 0.3 is 0 Å². The predicted molar refractivity (Wildman–Crippen MR) is 204 cm³/mol. The minimum absolute atomic E-state index is 0.710. The van der Waals surface area contributed by atoms with E-state index < -0.39 is 0 Å². The van der Waals surface area contributed by atoms with Crippen molar-refractivity contribution in [1.82, 2.24) is 14.4 Å². The van der Waals surface area contributed by atoms with E-state index in [2.05, 4.69) is 144 Å². The van der Waals surface area contributed by atoms with Gasteiger partial charge in [-0.1, -0.05) is 146 Å². The Morgan fingerprint density at radius 2 is 0.776 bits per heavy atom. The Morgan fingerprint density at radius 1 is 0.306 bits per heavy atom. The van der Waals surface area contributed by atoms with Gasteiger partial charge in [-0.05, 0) is 52.6 Å². The zero-order chi connectivity index (χ0) is 32.3. The van der Waals surface area contributed by atoms with Crippen molar-refractivity contribution in [3.8, 4) is 56.2 Å². The standard InChI is InChI=1S/C46H29N3/c1-3-12-30(13-4-1)41-29-42(31-14-5-2-6-15-31)48-46(47-41)36-19-10-18-34(27-36)32-16-9-17-33(26-32)35-24-25-38-40-22-11-21-39-37-20-7-8-23-43(37)49(45(39)40)44(38)28-35/h1-29H. The molecular formula is C46H29N3. The second kappa shape index (κ2) is 11.0. The molecule has 0 aliphatic rings. The Labute approximate surface area is 283 Å². The van der Waals surface area contributed by atoms with Crippen LogP contribution in [-0.4, -0.2) is 14.4 Å². The predicted octanol–water partition coefficient (Wildman–Crippen LogP) is 12.0. The molecule has 0 amide bonds. The van der Waals surface area contributed by atoms with Gasteiger partial charge < -0.3 is 4.40 Å². The zero-order valence-corrected chi connectivity index (χ0v) is 26.6. The highest BCUT2D eigenvalue weighted by Gasteiger charge is 2.17. The average Bonchev–Trinajstić information content (AvgIpc) is 3.71. The van der Waals surface area contributed by atoms with Crippen LogP contribution in [0.1, 0.15) is 0 Å². The molecule has 7 aromatic carbocycles. The van der Waals surface area contributed by atoms with Crippen LogP contribution in [0.25, 0.3) is 94.3 Å². The maximum Gasteiger partial charge on any atom is 0.160 e. The molecule has 0 radical (unpaired) electrons. The van der Waals surface area contributed by atoms with Crippen molar-refractivity contribution >= 4 is 38.1 Å². The van der Waals surface area contributed by atoms with E-state index in [1.165, 1.54) is 49.2 Å². The van der Waals surface area contributed by atoms with Crippen LogP contribution in [-0.2, 0) is 0 Å². The number of hydrogen-bond acceptors (Lipinski definition) is 2. The molecule has 3 aromatic heterocycles. The fourth-order valence-corrected chi connectivity index (χ4v) is 7.42. The second-order valence-electron chi connectivity index (χ2n) is 12.6. The minimum Gasteiger partial charge on any atom is -0.308 e. The molecule has 0 spiro atoms. The van der Waals surface area contributed by atoms with E-state index in [0.29, 0.717) is 5.82 Å². The van der Waals surface area contributed by atoms with Crippen LogP contribution >= 0.6 is 0 Å². The third-order valence-electron chi connectivity index (χ3n) is 9.74. The van der Waals surface area contributed by atoms with Gasteiger partial charge in [0.2, 0.25) is 0 Å². The van der Waals surface area contributed by atoms with Gasteiger partial charge in [-0.2, -0.15) is 0 Å². The molecule has 0 aliphatic heterocycles.